The second-order valence-corrected chi connectivity index (χ2v) is 5.24. The molecule has 0 aliphatic rings. The normalized spacial score (nSPS) is 10.7. The number of benzene rings is 1. The highest BCUT2D eigenvalue weighted by molar-refractivity contribution is 5.39. The predicted octanol–water partition coefficient (Wildman–Crippen LogP) is 3.69. The van der Waals surface area contributed by atoms with Crippen LogP contribution in [-0.4, -0.2) is 16.5 Å². The zero-order valence-corrected chi connectivity index (χ0v) is 13.2. The van der Waals surface area contributed by atoms with Gasteiger partial charge in [-0.2, -0.15) is 4.98 Å². The van der Waals surface area contributed by atoms with E-state index in [-0.39, 0.29) is 0 Å². The number of ether oxygens (including phenoxy) is 1. The smallest absolute Gasteiger partial charge is 0.322 e. The Kier molecular flexibility index (Phi) is 5.28. The number of hydrogen-bond donors (Lipinski definition) is 1. The van der Waals surface area contributed by atoms with Crippen molar-refractivity contribution < 1.29 is 4.74 Å². The standard InChI is InChI=1S/C17H23N3O/c1-5-9-18-10-15-11-19-17(20-14(15)4)21-16-8-6-7-12(2)13(16)3/h6-8,11,18H,5,9-10H2,1-4H3. The molecule has 0 bridgehead atoms. The lowest BCUT2D eigenvalue weighted by atomic mass is 10.1. The minimum atomic E-state index is 0.403. The molecule has 0 saturated heterocycles. The van der Waals surface area contributed by atoms with Gasteiger partial charge in [-0.3, -0.25) is 0 Å². The molecule has 0 spiro atoms. The van der Waals surface area contributed by atoms with Crippen LogP contribution < -0.4 is 10.1 Å². The second kappa shape index (κ2) is 7.18. The van der Waals surface area contributed by atoms with Crippen LogP contribution in [-0.2, 0) is 6.54 Å². The summed E-state index contributed by atoms with van der Waals surface area (Å²) in [7, 11) is 0. The first-order valence-corrected chi connectivity index (χ1v) is 7.39. The van der Waals surface area contributed by atoms with Crippen LogP contribution in [0.25, 0.3) is 0 Å². The van der Waals surface area contributed by atoms with E-state index in [4.69, 9.17) is 4.74 Å². The van der Waals surface area contributed by atoms with Crippen molar-refractivity contribution in [2.75, 3.05) is 6.54 Å². The van der Waals surface area contributed by atoms with Crippen LogP contribution in [0.15, 0.2) is 24.4 Å². The van der Waals surface area contributed by atoms with Crippen LogP contribution in [0.4, 0.5) is 0 Å². The Labute approximate surface area is 126 Å². The molecular formula is C17H23N3O. The van der Waals surface area contributed by atoms with Gasteiger partial charge in [0.15, 0.2) is 0 Å². The Morgan fingerprint density at radius 2 is 2.00 bits per heavy atom. The maximum atomic E-state index is 5.81. The number of nitrogens with one attached hydrogen (secondary N) is 1. The summed E-state index contributed by atoms with van der Waals surface area (Å²) in [6, 6.07) is 6.39. The maximum Gasteiger partial charge on any atom is 0.322 e. The molecule has 0 aliphatic heterocycles. The molecule has 0 radical (unpaired) electrons. The average molecular weight is 285 g/mol. The zero-order valence-electron chi connectivity index (χ0n) is 13.2. The van der Waals surface area contributed by atoms with Gasteiger partial charge in [0.2, 0.25) is 0 Å². The summed E-state index contributed by atoms with van der Waals surface area (Å²) in [6.45, 7) is 10.0. The van der Waals surface area contributed by atoms with Crippen molar-refractivity contribution in [3.63, 3.8) is 0 Å². The van der Waals surface area contributed by atoms with Crippen molar-refractivity contribution in [3.8, 4) is 11.8 Å². The quantitative estimate of drug-likeness (QED) is 0.822. The Bertz CT molecular complexity index is 611. The Morgan fingerprint density at radius 1 is 1.19 bits per heavy atom. The van der Waals surface area contributed by atoms with Crippen molar-refractivity contribution >= 4 is 0 Å². The largest absolute Gasteiger partial charge is 0.424 e. The van der Waals surface area contributed by atoms with E-state index in [1.54, 1.807) is 0 Å². The molecule has 0 aliphatic carbocycles. The van der Waals surface area contributed by atoms with Crippen molar-refractivity contribution in [1.29, 1.82) is 0 Å². The third-order valence-electron chi connectivity index (χ3n) is 3.56. The molecular weight excluding hydrogens is 262 g/mol. The van der Waals surface area contributed by atoms with Gasteiger partial charge in [0.1, 0.15) is 5.75 Å². The minimum Gasteiger partial charge on any atom is -0.424 e. The Morgan fingerprint density at radius 3 is 2.71 bits per heavy atom. The lowest BCUT2D eigenvalue weighted by Gasteiger charge is -2.11. The summed E-state index contributed by atoms with van der Waals surface area (Å²) in [5.74, 6) is 0.811. The molecule has 0 atom stereocenters. The minimum absolute atomic E-state index is 0.403. The molecule has 4 heteroatoms. The number of aromatic nitrogens is 2. The molecule has 0 amide bonds. The van der Waals surface area contributed by atoms with Gasteiger partial charge < -0.3 is 10.1 Å². The molecule has 1 aromatic carbocycles. The molecule has 2 rings (SSSR count). The fraction of sp³-hybridized carbons (Fsp3) is 0.412. The number of nitrogens with zero attached hydrogens (tertiary/aromatic N) is 2. The molecule has 112 valence electrons. The van der Waals surface area contributed by atoms with Crippen molar-refractivity contribution in [2.45, 2.75) is 40.7 Å². The monoisotopic (exact) mass is 285 g/mol. The second-order valence-electron chi connectivity index (χ2n) is 5.24. The SMILES string of the molecule is CCCNCc1cnc(Oc2cccc(C)c2C)nc1C. The Hall–Kier alpha value is -1.94. The summed E-state index contributed by atoms with van der Waals surface area (Å²) in [5, 5.41) is 3.36. The number of aryl methyl sites for hydroxylation is 2. The molecule has 1 aromatic heterocycles. The summed E-state index contributed by atoms with van der Waals surface area (Å²) in [6.07, 6.45) is 2.96. The third-order valence-corrected chi connectivity index (χ3v) is 3.56. The molecule has 0 saturated carbocycles. The van der Waals surface area contributed by atoms with Crippen molar-refractivity contribution in [3.05, 3.63) is 46.8 Å². The molecule has 21 heavy (non-hydrogen) atoms. The van der Waals surface area contributed by atoms with E-state index in [2.05, 4.69) is 35.2 Å². The summed E-state index contributed by atoms with van der Waals surface area (Å²) in [5.41, 5.74) is 4.38. The highest BCUT2D eigenvalue weighted by Crippen LogP contribution is 2.24. The fourth-order valence-corrected chi connectivity index (χ4v) is 2.03. The number of rotatable bonds is 6. The van der Waals surface area contributed by atoms with Crippen LogP contribution >= 0.6 is 0 Å². The first-order chi connectivity index (χ1) is 10.1. The van der Waals surface area contributed by atoms with Gasteiger partial charge in [-0.15, -0.1) is 0 Å². The lowest BCUT2D eigenvalue weighted by molar-refractivity contribution is 0.435. The topological polar surface area (TPSA) is 47.0 Å². The van der Waals surface area contributed by atoms with E-state index in [0.717, 1.165) is 42.1 Å². The highest BCUT2D eigenvalue weighted by atomic mass is 16.5. The predicted molar refractivity (Wildman–Crippen MR) is 84.8 cm³/mol. The lowest BCUT2D eigenvalue weighted by Crippen LogP contribution is -2.15. The van der Waals surface area contributed by atoms with Crippen molar-refractivity contribution in [1.82, 2.24) is 15.3 Å². The Balaban J connectivity index is 2.11. The molecule has 1 heterocycles. The van der Waals surface area contributed by atoms with Gasteiger partial charge in [0, 0.05) is 24.0 Å². The van der Waals surface area contributed by atoms with Gasteiger partial charge >= 0.3 is 6.01 Å². The van der Waals surface area contributed by atoms with Crippen molar-refractivity contribution in [2.24, 2.45) is 0 Å². The van der Waals surface area contributed by atoms with E-state index < -0.39 is 0 Å². The van der Waals surface area contributed by atoms with E-state index in [1.165, 1.54) is 5.56 Å². The van der Waals surface area contributed by atoms with Crippen LogP contribution in [0.1, 0.15) is 35.7 Å². The number of hydrogen-bond acceptors (Lipinski definition) is 4. The van der Waals surface area contributed by atoms with Gasteiger partial charge in [0.05, 0.1) is 0 Å². The van der Waals surface area contributed by atoms with Gasteiger partial charge in [0.25, 0.3) is 0 Å². The molecule has 4 nitrogen and oxygen atoms in total. The third kappa shape index (κ3) is 4.02. The molecule has 0 fully saturated rings. The highest BCUT2D eigenvalue weighted by Gasteiger charge is 2.08. The molecule has 2 aromatic rings. The van der Waals surface area contributed by atoms with Crippen LogP contribution in [0, 0.1) is 20.8 Å². The molecule has 1 N–H and O–H groups in total. The van der Waals surface area contributed by atoms with Crippen LogP contribution in [0.2, 0.25) is 0 Å². The van der Waals surface area contributed by atoms with Crippen LogP contribution in [0.3, 0.4) is 0 Å². The van der Waals surface area contributed by atoms with E-state index in [0.29, 0.717) is 6.01 Å². The first-order valence-electron chi connectivity index (χ1n) is 7.39. The van der Waals surface area contributed by atoms with E-state index in [9.17, 15) is 0 Å². The van der Waals surface area contributed by atoms with Crippen LogP contribution in [0.5, 0.6) is 11.8 Å². The van der Waals surface area contributed by atoms with Gasteiger partial charge in [-0.1, -0.05) is 19.1 Å². The first kappa shape index (κ1) is 15.4. The van der Waals surface area contributed by atoms with Gasteiger partial charge in [-0.05, 0) is 50.9 Å². The zero-order chi connectivity index (χ0) is 15.2. The van der Waals surface area contributed by atoms with Gasteiger partial charge in [-0.25, -0.2) is 4.98 Å². The summed E-state index contributed by atoms with van der Waals surface area (Å²) >= 11 is 0. The summed E-state index contributed by atoms with van der Waals surface area (Å²) < 4.78 is 5.81. The molecule has 0 unspecified atom stereocenters. The summed E-state index contributed by atoms with van der Waals surface area (Å²) in [4.78, 5) is 8.76. The fourth-order valence-electron chi connectivity index (χ4n) is 2.03. The van der Waals surface area contributed by atoms with E-state index in [1.807, 2.05) is 32.2 Å². The van der Waals surface area contributed by atoms with E-state index >= 15 is 0 Å². The average Bonchev–Trinajstić information content (AvgIpc) is 2.46. The maximum absolute atomic E-state index is 5.81.